The van der Waals surface area contributed by atoms with E-state index in [-0.39, 0.29) is 41.1 Å². The molecule has 0 saturated carbocycles. The third kappa shape index (κ3) is 2.99. The molecule has 5 heterocycles. The lowest BCUT2D eigenvalue weighted by Gasteiger charge is -2.29. The quantitative estimate of drug-likeness (QED) is 0.800. The van der Waals surface area contributed by atoms with Crippen LogP contribution >= 0.6 is 0 Å². The lowest BCUT2D eigenvalue weighted by atomic mass is 9.73. The molecule has 1 aromatic rings. The lowest BCUT2D eigenvalue weighted by molar-refractivity contribution is -0.133. The summed E-state index contributed by atoms with van der Waals surface area (Å²) in [5, 5.41) is 6.71. The summed E-state index contributed by atoms with van der Waals surface area (Å²) in [6.07, 6.45) is 2.00. The van der Waals surface area contributed by atoms with Gasteiger partial charge in [0.05, 0.1) is 23.9 Å². The number of carbonyl (C=O) groups is 2. The number of carbonyl (C=O) groups excluding carboxylic acids is 2. The van der Waals surface area contributed by atoms with Gasteiger partial charge in [-0.1, -0.05) is 5.16 Å². The van der Waals surface area contributed by atoms with Gasteiger partial charge >= 0.3 is 0 Å². The molecule has 9 nitrogen and oxygen atoms in total. The molecule has 156 valence electrons. The molecule has 1 N–H and O–H groups in total. The number of nitrogens with zero attached hydrogens (tertiary/aromatic N) is 2. The average Bonchev–Trinajstić information content (AvgIpc) is 3.46. The van der Waals surface area contributed by atoms with Crippen LogP contribution in [0, 0.1) is 18.8 Å². The fourth-order valence-corrected chi connectivity index (χ4v) is 5.25. The van der Waals surface area contributed by atoms with Crippen molar-refractivity contribution < 1.29 is 28.3 Å². The van der Waals surface area contributed by atoms with E-state index in [0.717, 1.165) is 12.8 Å². The van der Waals surface area contributed by atoms with Gasteiger partial charge in [0.1, 0.15) is 19.0 Å². The molecule has 5 rings (SSSR count). The standard InChI is InChI=1S/C20H25N3O6/c1-11-7-16(29-22-11)18(24)21-8-13-14-9-23(10-20(14)4-3-15(13)28-20)19(25)17-12(2)26-5-6-27-17/h7,13-15H,3-6,8-10H2,1-2H3,(H,21,24)/t13-,14+,15+,20+/m0/s1. The molecule has 0 radical (unpaired) electrons. The molecule has 2 bridgehead atoms. The van der Waals surface area contributed by atoms with E-state index in [9.17, 15) is 9.59 Å². The van der Waals surface area contributed by atoms with E-state index in [1.165, 1.54) is 0 Å². The molecule has 2 amide bonds. The van der Waals surface area contributed by atoms with Gasteiger partial charge in [-0.3, -0.25) is 9.59 Å². The molecule has 4 aliphatic rings. The molecule has 9 heteroatoms. The second kappa shape index (κ2) is 6.76. The third-order valence-electron chi connectivity index (χ3n) is 6.58. The maximum Gasteiger partial charge on any atom is 0.292 e. The number of aryl methyl sites for hydroxylation is 1. The van der Waals surface area contributed by atoms with Gasteiger partial charge in [-0.05, 0) is 26.7 Å². The van der Waals surface area contributed by atoms with E-state index in [1.54, 1.807) is 19.9 Å². The summed E-state index contributed by atoms with van der Waals surface area (Å²) in [6, 6.07) is 1.62. The Morgan fingerprint density at radius 2 is 2.14 bits per heavy atom. The first-order chi connectivity index (χ1) is 14.0. The monoisotopic (exact) mass is 403 g/mol. The third-order valence-corrected chi connectivity index (χ3v) is 6.58. The first-order valence-electron chi connectivity index (χ1n) is 10.1. The largest absolute Gasteiger partial charge is 0.491 e. The smallest absolute Gasteiger partial charge is 0.292 e. The van der Waals surface area contributed by atoms with Gasteiger partial charge < -0.3 is 29.0 Å². The minimum absolute atomic E-state index is 0.115. The molecule has 29 heavy (non-hydrogen) atoms. The normalized spacial score (nSPS) is 32.8. The molecule has 0 aliphatic carbocycles. The van der Waals surface area contributed by atoms with Crippen molar-refractivity contribution in [1.82, 2.24) is 15.4 Å². The highest BCUT2D eigenvalue weighted by atomic mass is 16.6. The van der Waals surface area contributed by atoms with Crippen molar-refractivity contribution >= 4 is 11.8 Å². The Kier molecular flexibility index (Phi) is 4.31. The summed E-state index contributed by atoms with van der Waals surface area (Å²) in [7, 11) is 0. The molecule has 0 aromatic carbocycles. The number of hydrogen-bond acceptors (Lipinski definition) is 7. The van der Waals surface area contributed by atoms with Gasteiger partial charge in [-0.15, -0.1) is 0 Å². The average molecular weight is 403 g/mol. The number of hydrogen-bond donors (Lipinski definition) is 1. The second-order valence-corrected chi connectivity index (χ2v) is 8.34. The molecule has 1 aromatic heterocycles. The maximum absolute atomic E-state index is 13.0. The summed E-state index contributed by atoms with van der Waals surface area (Å²) in [4.78, 5) is 27.1. The number of amides is 2. The number of aromatic nitrogens is 1. The molecular weight excluding hydrogens is 378 g/mol. The van der Waals surface area contributed by atoms with Crippen molar-refractivity contribution in [2.24, 2.45) is 11.8 Å². The molecule has 1 spiro atoms. The van der Waals surface area contributed by atoms with Crippen LogP contribution in [0.15, 0.2) is 22.1 Å². The van der Waals surface area contributed by atoms with E-state index in [4.69, 9.17) is 18.7 Å². The number of likely N-dealkylation sites (tertiary alicyclic amines) is 1. The van der Waals surface area contributed by atoms with E-state index in [1.807, 2.05) is 4.90 Å². The van der Waals surface area contributed by atoms with Crippen LogP contribution in [0.3, 0.4) is 0 Å². The van der Waals surface area contributed by atoms with Crippen LogP contribution in [-0.2, 0) is 19.0 Å². The molecular formula is C20H25N3O6. The predicted molar refractivity (Wildman–Crippen MR) is 98.6 cm³/mol. The fraction of sp³-hybridized carbons (Fsp3) is 0.650. The zero-order valence-corrected chi connectivity index (χ0v) is 16.6. The summed E-state index contributed by atoms with van der Waals surface area (Å²) < 4.78 is 22.4. The summed E-state index contributed by atoms with van der Waals surface area (Å²) in [6.45, 7) is 6.01. The van der Waals surface area contributed by atoms with Crippen molar-refractivity contribution in [1.29, 1.82) is 0 Å². The topological polar surface area (TPSA) is 103 Å². The van der Waals surface area contributed by atoms with E-state index in [2.05, 4.69) is 10.5 Å². The van der Waals surface area contributed by atoms with Crippen molar-refractivity contribution in [3.05, 3.63) is 29.0 Å². The van der Waals surface area contributed by atoms with Gasteiger partial charge in [-0.2, -0.15) is 0 Å². The zero-order chi connectivity index (χ0) is 20.2. The number of rotatable bonds is 4. The minimum Gasteiger partial charge on any atom is -0.491 e. The van der Waals surface area contributed by atoms with Crippen molar-refractivity contribution in [3.8, 4) is 0 Å². The van der Waals surface area contributed by atoms with Crippen molar-refractivity contribution in [2.45, 2.75) is 38.4 Å². The predicted octanol–water partition coefficient (Wildman–Crippen LogP) is 0.997. The number of nitrogens with one attached hydrogen (secondary N) is 1. The van der Waals surface area contributed by atoms with Crippen molar-refractivity contribution in [3.63, 3.8) is 0 Å². The van der Waals surface area contributed by atoms with E-state index >= 15 is 0 Å². The van der Waals surface area contributed by atoms with Crippen LogP contribution in [0.25, 0.3) is 0 Å². The summed E-state index contributed by atoms with van der Waals surface area (Å²) in [5.41, 5.74) is 0.350. The summed E-state index contributed by atoms with van der Waals surface area (Å²) >= 11 is 0. The molecule has 3 fully saturated rings. The lowest BCUT2D eigenvalue weighted by Crippen LogP contribution is -2.41. The second-order valence-electron chi connectivity index (χ2n) is 8.34. The molecule has 0 unspecified atom stereocenters. The van der Waals surface area contributed by atoms with Gasteiger partial charge in [0.25, 0.3) is 11.8 Å². The fourth-order valence-electron chi connectivity index (χ4n) is 5.25. The Morgan fingerprint density at radius 3 is 2.90 bits per heavy atom. The Hall–Kier alpha value is -2.55. The molecule has 3 saturated heterocycles. The Morgan fingerprint density at radius 1 is 1.31 bits per heavy atom. The Labute approximate surface area is 168 Å². The maximum atomic E-state index is 13.0. The van der Waals surface area contributed by atoms with Crippen LogP contribution in [0.1, 0.15) is 36.0 Å². The van der Waals surface area contributed by atoms with Crippen molar-refractivity contribution in [2.75, 3.05) is 32.8 Å². The highest BCUT2D eigenvalue weighted by Gasteiger charge is 2.63. The van der Waals surface area contributed by atoms with E-state index < -0.39 is 0 Å². The first-order valence-corrected chi connectivity index (χ1v) is 10.1. The van der Waals surface area contributed by atoms with Gasteiger partial charge in [0, 0.05) is 31.0 Å². The van der Waals surface area contributed by atoms with Crippen LogP contribution in [0.5, 0.6) is 0 Å². The Bertz CT molecular complexity index is 879. The van der Waals surface area contributed by atoms with E-state index in [0.29, 0.717) is 50.1 Å². The number of allylic oxidation sites excluding steroid dienone is 1. The van der Waals surface area contributed by atoms with Crippen LogP contribution in [-0.4, -0.2) is 66.4 Å². The SMILES string of the molecule is CC1=C(C(=O)N2C[C@@H]3[C@H](CNC(=O)c4cc(C)no4)[C@H]4CC[C@]3(C2)O4)OCCO1. The number of fused-ring (bicyclic) bond motifs is 1. The van der Waals surface area contributed by atoms with Crippen LogP contribution < -0.4 is 5.32 Å². The van der Waals surface area contributed by atoms with Gasteiger partial charge in [-0.25, -0.2) is 0 Å². The Balaban J connectivity index is 1.28. The van der Waals surface area contributed by atoms with Crippen LogP contribution in [0.2, 0.25) is 0 Å². The highest BCUT2D eigenvalue weighted by Crippen LogP contribution is 2.54. The number of ether oxygens (including phenoxy) is 3. The first kappa shape index (κ1) is 18.5. The van der Waals surface area contributed by atoms with Gasteiger partial charge in [0.15, 0.2) is 0 Å². The summed E-state index contributed by atoms with van der Waals surface area (Å²) in [5.74, 6) is 0.974. The van der Waals surface area contributed by atoms with Crippen LogP contribution in [0.4, 0.5) is 0 Å². The molecule has 4 aliphatic heterocycles. The highest BCUT2D eigenvalue weighted by molar-refractivity contribution is 5.92. The minimum atomic E-state index is -0.317. The molecule has 4 atom stereocenters. The van der Waals surface area contributed by atoms with Gasteiger partial charge in [0.2, 0.25) is 11.5 Å². The zero-order valence-electron chi connectivity index (χ0n) is 16.6.